The van der Waals surface area contributed by atoms with Gasteiger partial charge in [0.1, 0.15) is 5.76 Å². The molecule has 7 nitrogen and oxygen atoms in total. The van der Waals surface area contributed by atoms with Crippen LogP contribution >= 0.6 is 7.60 Å². The van der Waals surface area contributed by atoms with E-state index >= 15 is 0 Å². The lowest BCUT2D eigenvalue weighted by atomic mass is 10.1. The molecule has 0 atom stereocenters. The number of allylic oxidation sites excluding steroid dienone is 1. The Morgan fingerprint density at radius 3 is 2.47 bits per heavy atom. The first kappa shape index (κ1) is 27.8. The van der Waals surface area contributed by atoms with Crippen LogP contribution in [-0.4, -0.2) is 29.8 Å². The van der Waals surface area contributed by atoms with Crippen LogP contribution in [0, 0.1) is 12.7 Å². The van der Waals surface area contributed by atoms with Crippen molar-refractivity contribution < 1.29 is 27.2 Å². The smallest absolute Gasteiger partial charge is 0.357 e. The number of hydrogen-bond acceptors (Lipinski definition) is 7. The van der Waals surface area contributed by atoms with Crippen molar-refractivity contribution >= 4 is 13.7 Å². The van der Waals surface area contributed by atoms with E-state index in [1.54, 1.807) is 44.4 Å². The first-order valence-electron chi connectivity index (χ1n) is 12.3. The molecule has 2 heterocycles. The van der Waals surface area contributed by atoms with Crippen LogP contribution in [-0.2, 0) is 20.0 Å². The largest absolute Gasteiger partial charge is 0.490 e. The highest BCUT2D eigenvalue weighted by molar-refractivity contribution is 7.58. The molecule has 0 aliphatic carbocycles. The van der Waals surface area contributed by atoms with Crippen molar-refractivity contribution in [3.63, 3.8) is 0 Å². The lowest BCUT2D eigenvalue weighted by molar-refractivity contribution is 0.226. The fourth-order valence-electron chi connectivity index (χ4n) is 3.69. The Morgan fingerprint density at radius 2 is 1.81 bits per heavy atom. The number of ether oxygens (including phenoxy) is 1. The van der Waals surface area contributed by atoms with Crippen LogP contribution in [0.1, 0.15) is 57.1 Å². The third-order valence-corrected chi connectivity index (χ3v) is 7.83. The average Bonchev–Trinajstić information content (AvgIpc) is 3.25. The zero-order chi connectivity index (χ0) is 26.0. The predicted molar refractivity (Wildman–Crippen MR) is 138 cm³/mol. The van der Waals surface area contributed by atoms with Crippen LogP contribution in [0.25, 0.3) is 17.5 Å². The van der Waals surface area contributed by atoms with Crippen molar-refractivity contribution in [3.05, 3.63) is 70.9 Å². The Morgan fingerprint density at radius 1 is 1.08 bits per heavy atom. The zero-order valence-electron chi connectivity index (χ0n) is 21.3. The Labute approximate surface area is 212 Å². The van der Waals surface area contributed by atoms with Gasteiger partial charge >= 0.3 is 7.60 Å². The summed E-state index contributed by atoms with van der Waals surface area (Å²) in [7, 11) is -3.39. The molecule has 0 aliphatic rings. The number of oxazole rings is 1. The van der Waals surface area contributed by atoms with E-state index in [0.29, 0.717) is 29.8 Å². The number of rotatable bonds is 14. The molecule has 0 radical (unpaired) electrons. The van der Waals surface area contributed by atoms with Crippen LogP contribution in [0.2, 0.25) is 0 Å². The second-order valence-corrected chi connectivity index (χ2v) is 10.2. The van der Waals surface area contributed by atoms with Gasteiger partial charge in [-0.15, -0.1) is 0 Å². The summed E-state index contributed by atoms with van der Waals surface area (Å²) in [5.74, 6) is 1.07. The molecule has 3 rings (SSSR count). The van der Waals surface area contributed by atoms with E-state index in [-0.39, 0.29) is 19.0 Å². The predicted octanol–water partition coefficient (Wildman–Crippen LogP) is 7.60. The van der Waals surface area contributed by atoms with Crippen LogP contribution in [0.3, 0.4) is 0 Å². The van der Waals surface area contributed by atoms with Gasteiger partial charge in [0, 0.05) is 23.3 Å². The summed E-state index contributed by atoms with van der Waals surface area (Å²) in [5.41, 5.74) is 2.46. The molecule has 2 aromatic heterocycles. The van der Waals surface area contributed by atoms with E-state index in [0.717, 1.165) is 36.3 Å². The summed E-state index contributed by atoms with van der Waals surface area (Å²) < 4.78 is 49.9. The highest BCUT2D eigenvalue weighted by Gasteiger charge is 2.28. The summed E-state index contributed by atoms with van der Waals surface area (Å²) in [5, 5.41) is 0.540. The topological polar surface area (TPSA) is 83.7 Å². The third-order valence-electron chi connectivity index (χ3n) is 5.49. The van der Waals surface area contributed by atoms with Crippen molar-refractivity contribution in [2.75, 3.05) is 19.8 Å². The Kier molecular flexibility index (Phi) is 10.4. The maximum atomic E-state index is 14.4. The van der Waals surface area contributed by atoms with Crippen molar-refractivity contribution in [1.82, 2.24) is 9.97 Å². The third kappa shape index (κ3) is 7.36. The summed E-state index contributed by atoms with van der Waals surface area (Å²) in [4.78, 5) is 8.61. The molecule has 0 unspecified atom stereocenters. The van der Waals surface area contributed by atoms with Gasteiger partial charge in [0.15, 0.2) is 11.6 Å². The number of halogens is 1. The van der Waals surface area contributed by atoms with E-state index in [1.165, 1.54) is 6.07 Å². The molecule has 36 heavy (non-hydrogen) atoms. The summed E-state index contributed by atoms with van der Waals surface area (Å²) in [6, 6.07) is 8.29. The van der Waals surface area contributed by atoms with Gasteiger partial charge in [0.25, 0.3) is 0 Å². The lowest BCUT2D eigenvalue weighted by Crippen LogP contribution is -2.01. The Hall–Kier alpha value is -2.80. The van der Waals surface area contributed by atoms with Crippen molar-refractivity contribution in [2.45, 2.75) is 53.4 Å². The summed E-state index contributed by atoms with van der Waals surface area (Å²) in [6.07, 6.45) is 7.89. The number of hydrogen-bond donors (Lipinski definition) is 0. The van der Waals surface area contributed by atoms with Crippen LogP contribution < -0.4 is 4.74 Å². The van der Waals surface area contributed by atoms with Gasteiger partial charge in [-0.3, -0.25) is 9.55 Å². The number of aryl methyl sites for hydroxylation is 2. The Balaban J connectivity index is 1.59. The van der Waals surface area contributed by atoms with Gasteiger partial charge in [-0.2, -0.15) is 0 Å². The minimum Gasteiger partial charge on any atom is -0.490 e. The number of pyridine rings is 1. The summed E-state index contributed by atoms with van der Waals surface area (Å²) in [6.45, 7) is 8.22. The summed E-state index contributed by atoms with van der Waals surface area (Å²) >= 11 is 0. The van der Waals surface area contributed by atoms with Gasteiger partial charge in [0.2, 0.25) is 5.89 Å². The van der Waals surface area contributed by atoms with Gasteiger partial charge in [-0.1, -0.05) is 13.0 Å². The molecule has 0 bridgehead atoms. The highest BCUT2D eigenvalue weighted by atomic mass is 31.2. The van der Waals surface area contributed by atoms with Gasteiger partial charge in [-0.25, -0.2) is 9.37 Å². The van der Waals surface area contributed by atoms with Gasteiger partial charge in [0.05, 0.1) is 25.5 Å². The molecular formula is C27H34FN2O5P. The van der Waals surface area contributed by atoms with Crippen LogP contribution in [0.5, 0.6) is 5.75 Å². The zero-order valence-corrected chi connectivity index (χ0v) is 22.2. The molecule has 194 valence electrons. The minimum atomic E-state index is -3.39. The second-order valence-electron chi connectivity index (χ2n) is 8.08. The molecule has 3 aromatic rings. The Bertz CT molecular complexity index is 1190. The standard InChI is InChI=1S/C27H34FN2O5P/c1-5-23(36(31,33-6-2)34-7-3)18-21-11-12-24(28)26(19-21)32-17-9-8-10-25-20(4)35-27(30-25)22-13-15-29-16-14-22/h11-16,18-19H,5-10,17H2,1-4H3. The van der Waals surface area contributed by atoms with Crippen molar-refractivity contribution in [3.8, 4) is 17.2 Å². The molecule has 0 amide bonds. The quantitative estimate of drug-likeness (QED) is 0.161. The number of unbranched alkanes of at least 4 members (excludes halogenated alkanes) is 1. The SMILES string of the molecule is CCOP(=O)(OCC)C(=Cc1ccc(F)c(OCCCCc2nc(-c3ccncc3)oc2C)c1)CC. The van der Waals surface area contributed by atoms with Crippen LogP contribution in [0.4, 0.5) is 4.39 Å². The minimum absolute atomic E-state index is 0.152. The maximum Gasteiger partial charge on any atom is 0.357 e. The highest BCUT2D eigenvalue weighted by Crippen LogP contribution is 2.57. The average molecular weight is 517 g/mol. The van der Waals surface area contributed by atoms with E-state index in [9.17, 15) is 8.96 Å². The van der Waals surface area contributed by atoms with E-state index in [2.05, 4.69) is 9.97 Å². The number of benzene rings is 1. The monoisotopic (exact) mass is 516 g/mol. The van der Waals surface area contributed by atoms with Crippen molar-refractivity contribution in [1.29, 1.82) is 0 Å². The normalized spacial score (nSPS) is 12.2. The number of aromatic nitrogens is 2. The van der Waals surface area contributed by atoms with Gasteiger partial charge in [-0.05, 0) is 82.4 Å². The molecule has 0 N–H and O–H groups in total. The van der Waals surface area contributed by atoms with E-state index in [1.807, 2.05) is 26.0 Å². The molecule has 9 heteroatoms. The molecule has 0 saturated carbocycles. The number of nitrogens with zero attached hydrogens (tertiary/aromatic N) is 2. The van der Waals surface area contributed by atoms with E-state index < -0.39 is 13.4 Å². The lowest BCUT2D eigenvalue weighted by Gasteiger charge is -2.19. The molecule has 0 spiro atoms. The molecule has 0 saturated heterocycles. The first-order valence-corrected chi connectivity index (χ1v) is 13.8. The van der Waals surface area contributed by atoms with Crippen LogP contribution in [0.15, 0.2) is 52.5 Å². The maximum absolute atomic E-state index is 14.4. The molecule has 1 aromatic carbocycles. The first-order chi connectivity index (χ1) is 17.4. The molecular weight excluding hydrogens is 482 g/mol. The van der Waals surface area contributed by atoms with Gasteiger partial charge < -0.3 is 18.2 Å². The molecule has 0 aliphatic heterocycles. The fourth-order valence-corrected chi connectivity index (χ4v) is 5.47. The fraction of sp³-hybridized carbons (Fsp3) is 0.407. The second kappa shape index (κ2) is 13.5. The van der Waals surface area contributed by atoms with Crippen molar-refractivity contribution in [2.24, 2.45) is 0 Å². The molecule has 0 fully saturated rings. The van der Waals surface area contributed by atoms with E-state index in [4.69, 9.17) is 18.2 Å².